The summed E-state index contributed by atoms with van der Waals surface area (Å²) in [7, 11) is 1.72. The quantitative estimate of drug-likeness (QED) is 0.828. The van der Waals surface area contributed by atoms with Gasteiger partial charge in [0.25, 0.3) is 0 Å². The Kier molecular flexibility index (Phi) is 4.65. The molecule has 0 aromatic heterocycles. The normalized spacial score (nSPS) is 24.6. The van der Waals surface area contributed by atoms with Crippen LogP contribution in [0.3, 0.4) is 0 Å². The lowest BCUT2D eigenvalue weighted by molar-refractivity contribution is 0.402. The molecule has 0 bridgehead atoms. The van der Waals surface area contributed by atoms with E-state index in [1.54, 1.807) is 7.11 Å². The van der Waals surface area contributed by atoms with Crippen LogP contribution in [0.2, 0.25) is 0 Å². The molecular weight excluding hydrogens is 222 g/mol. The molecule has 2 rings (SSSR count). The summed E-state index contributed by atoms with van der Waals surface area (Å²) < 4.78 is 5.29. The summed E-state index contributed by atoms with van der Waals surface area (Å²) in [5.41, 5.74) is 8.81. The molecule has 0 radical (unpaired) electrons. The van der Waals surface area contributed by atoms with Gasteiger partial charge < -0.3 is 10.5 Å². The first kappa shape index (κ1) is 13.4. The smallest absolute Gasteiger partial charge is 0.119 e. The van der Waals surface area contributed by atoms with Crippen LogP contribution in [-0.4, -0.2) is 13.7 Å². The molecule has 1 saturated carbocycles. The summed E-state index contributed by atoms with van der Waals surface area (Å²) >= 11 is 0. The van der Waals surface area contributed by atoms with Crippen molar-refractivity contribution in [2.75, 3.05) is 13.7 Å². The molecule has 2 unspecified atom stereocenters. The van der Waals surface area contributed by atoms with Crippen molar-refractivity contribution in [1.82, 2.24) is 0 Å². The standard InChI is InChI=1S/C16H25NO/c1-12-10-14(18-2)8-9-15(12)16-7-5-3-4-6-13(16)11-17/h8-10,13,16H,3-7,11,17H2,1-2H3. The maximum absolute atomic E-state index is 5.98. The van der Waals surface area contributed by atoms with Crippen LogP contribution in [0.1, 0.15) is 49.1 Å². The van der Waals surface area contributed by atoms with Gasteiger partial charge in [0, 0.05) is 0 Å². The first-order chi connectivity index (χ1) is 8.76. The average molecular weight is 247 g/mol. The Hall–Kier alpha value is -1.02. The van der Waals surface area contributed by atoms with E-state index in [-0.39, 0.29) is 0 Å². The van der Waals surface area contributed by atoms with Gasteiger partial charge in [-0.15, -0.1) is 0 Å². The fourth-order valence-electron chi connectivity index (χ4n) is 3.27. The maximum Gasteiger partial charge on any atom is 0.119 e. The molecule has 2 nitrogen and oxygen atoms in total. The summed E-state index contributed by atoms with van der Waals surface area (Å²) in [6.07, 6.45) is 6.62. The molecule has 0 heterocycles. The number of methoxy groups -OCH3 is 1. The fraction of sp³-hybridized carbons (Fsp3) is 0.625. The van der Waals surface area contributed by atoms with Crippen LogP contribution >= 0.6 is 0 Å². The minimum Gasteiger partial charge on any atom is -0.497 e. The highest BCUT2D eigenvalue weighted by Crippen LogP contribution is 2.38. The van der Waals surface area contributed by atoms with Gasteiger partial charge in [-0.3, -0.25) is 0 Å². The summed E-state index contributed by atoms with van der Waals surface area (Å²) in [4.78, 5) is 0. The first-order valence-corrected chi connectivity index (χ1v) is 7.11. The van der Waals surface area contributed by atoms with Crippen LogP contribution in [0, 0.1) is 12.8 Å². The highest BCUT2D eigenvalue weighted by molar-refractivity contribution is 5.37. The van der Waals surface area contributed by atoms with Gasteiger partial charge in [0.05, 0.1) is 7.11 Å². The zero-order valence-corrected chi connectivity index (χ0v) is 11.6. The van der Waals surface area contributed by atoms with E-state index in [4.69, 9.17) is 10.5 Å². The van der Waals surface area contributed by atoms with Crippen LogP contribution in [0.5, 0.6) is 5.75 Å². The highest BCUT2D eigenvalue weighted by atomic mass is 16.5. The van der Waals surface area contributed by atoms with Gasteiger partial charge in [-0.2, -0.15) is 0 Å². The minimum atomic E-state index is 0.642. The maximum atomic E-state index is 5.98. The Balaban J connectivity index is 2.27. The second-order valence-electron chi connectivity index (χ2n) is 5.46. The zero-order valence-electron chi connectivity index (χ0n) is 11.6. The van der Waals surface area contributed by atoms with Crippen LogP contribution in [0.15, 0.2) is 18.2 Å². The van der Waals surface area contributed by atoms with Gasteiger partial charge in [-0.1, -0.05) is 25.3 Å². The lowest BCUT2D eigenvalue weighted by Crippen LogP contribution is -2.21. The van der Waals surface area contributed by atoms with Crippen molar-refractivity contribution >= 4 is 0 Å². The molecule has 1 fully saturated rings. The van der Waals surface area contributed by atoms with Crippen LogP contribution in [0.25, 0.3) is 0 Å². The lowest BCUT2D eigenvalue weighted by atomic mass is 9.80. The molecule has 1 aliphatic rings. The van der Waals surface area contributed by atoms with Crippen molar-refractivity contribution in [3.05, 3.63) is 29.3 Å². The molecule has 18 heavy (non-hydrogen) atoms. The molecule has 2 N–H and O–H groups in total. The van der Waals surface area contributed by atoms with Gasteiger partial charge in [-0.25, -0.2) is 0 Å². The molecular formula is C16H25NO. The third kappa shape index (κ3) is 2.86. The Morgan fingerprint density at radius 3 is 2.67 bits per heavy atom. The number of rotatable bonds is 3. The zero-order chi connectivity index (χ0) is 13.0. The second-order valence-corrected chi connectivity index (χ2v) is 5.46. The Labute approximate surface area is 111 Å². The van der Waals surface area contributed by atoms with Crippen LogP contribution in [0.4, 0.5) is 0 Å². The van der Waals surface area contributed by atoms with Crippen molar-refractivity contribution < 1.29 is 4.74 Å². The molecule has 0 spiro atoms. The minimum absolute atomic E-state index is 0.642. The third-order valence-electron chi connectivity index (χ3n) is 4.34. The van der Waals surface area contributed by atoms with Crippen molar-refractivity contribution in [3.8, 4) is 5.75 Å². The van der Waals surface area contributed by atoms with Gasteiger partial charge in [0.1, 0.15) is 5.75 Å². The first-order valence-electron chi connectivity index (χ1n) is 7.11. The lowest BCUT2D eigenvalue weighted by Gasteiger charge is -2.26. The molecule has 1 aromatic rings. The molecule has 100 valence electrons. The largest absolute Gasteiger partial charge is 0.497 e. The highest BCUT2D eigenvalue weighted by Gasteiger charge is 2.25. The van der Waals surface area contributed by atoms with Crippen LogP contribution < -0.4 is 10.5 Å². The number of benzene rings is 1. The van der Waals surface area contributed by atoms with E-state index in [9.17, 15) is 0 Å². The summed E-state index contributed by atoms with van der Waals surface area (Å²) in [5.74, 6) is 2.25. The number of hydrogen-bond donors (Lipinski definition) is 1. The number of ether oxygens (including phenoxy) is 1. The summed E-state index contributed by atoms with van der Waals surface area (Å²) in [6.45, 7) is 3.01. The summed E-state index contributed by atoms with van der Waals surface area (Å²) in [5, 5.41) is 0. The molecule has 1 aliphatic carbocycles. The molecule has 0 amide bonds. The third-order valence-corrected chi connectivity index (χ3v) is 4.34. The van der Waals surface area contributed by atoms with Gasteiger partial charge in [0.15, 0.2) is 0 Å². The molecule has 2 atom stereocenters. The Bertz CT molecular complexity index is 389. The Morgan fingerprint density at radius 1 is 1.22 bits per heavy atom. The van der Waals surface area contributed by atoms with Gasteiger partial charge in [0.2, 0.25) is 0 Å². The fourth-order valence-corrected chi connectivity index (χ4v) is 3.27. The number of aryl methyl sites for hydroxylation is 1. The van der Waals surface area contributed by atoms with E-state index in [0.717, 1.165) is 12.3 Å². The molecule has 1 aromatic carbocycles. The van der Waals surface area contributed by atoms with E-state index in [1.165, 1.54) is 43.2 Å². The SMILES string of the molecule is COc1ccc(C2CCCCCC2CN)c(C)c1. The monoisotopic (exact) mass is 247 g/mol. The van der Waals surface area contributed by atoms with E-state index in [0.29, 0.717) is 11.8 Å². The van der Waals surface area contributed by atoms with Crippen molar-refractivity contribution in [2.24, 2.45) is 11.7 Å². The average Bonchev–Trinajstić information content (AvgIpc) is 2.63. The van der Waals surface area contributed by atoms with Gasteiger partial charge >= 0.3 is 0 Å². The predicted octanol–water partition coefficient (Wildman–Crippen LogP) is 3.63. The second kappa shape index (κ2) is 6.24. The number of nitrogens with two attached hydrogens (primary N) is 1. The molecule has 0 aliphatic heterocycles. The van der Waals surface area contributed by atoms with Crippen molar-refractivity contribution in [2.45, 2.75) is 44.9 Å². The molecule has 2 heteroatoms. The Morgan fingerprint density at radius 2 is 2.00 bits per heavy atom. The van der Waals surface area contributed by atoms with E-state index >= 15 is 0 Å². The topological polar surface area (TPSA) is 35.2 Å². The summed E-state index contributed by atoms with van der Waals surface area (Å²) in [6, 6.07) is 6.47. The predicted molar refractivity (Wildman–Crippen MR) is 76.1 cm³/mol. The van der Waals surface area contributed by atoms with E-state index < -0.39 is 0 Å². The molecule has 0 saturated heterocycles. The van der Waals surface area contributed by atoms with Crippen molar-refractivity contribution in [3.63, 3.8) is 0 Å². The van der Waals surface area contributed by atoms with Crippen molar-refractivity contribution in [1.29, 1.82) is 0 Å². The van der Waals surface area contributed by atoms with Gasteiger partial charge in [-0.05, 0) is 61.4 Å². The van der Waals surface area contributed by atoms with Crippen LogP contribution in [-0.2, 0) is 0 Å². The van der Waals surface area contributed by atoms with E-state index in [1.807, 2.05) is 0 Å². The number of hydrogen-bond acceptors (Lipinski definition) is 2. The van der Waals surface area contributed by atoms with E-state index in [2.05, 4.69) is 25.1 Å².